The normalized spacial score (nSPS) is 17.7. The third-order valence-corrected chi connectivity index (χ3v) is 9.96. The first kappa shape index (κ1) is 42.0. The summed E-state index contributed by atoms with van der Waals surface area (Å²) in [6, 6.07) is 15.0. The maximum absolute atomic E-state index is 15.0. The summed E-state index contributed by atoms with van der Waals surface area (Å²) in [5.41, 5.74) is 1.55. The molecule has 3 amide bonds. The maximum atomic E-state index is 15.0. The molecule has 290 valence electrons. The summed E-state index contributed by atoms with van der Waals surface area (Å²) in [6.45, 7) is 11.9. The molecule has 0 spiro atoms. The van der Waals surface area contributed by atoms with Gasteiger partial charge in [-0.3, -0.25) is 19.4 Å². The van der Waals surface area contributed by atoms with Gasteiger partial charge in [0.05, 0.1) is 6.04 Å². The highest BCUT2D eigenvalue weighted by Gasteiger charge is 2.57. The Kier molecular flexibility index (Phi) is 15.2. The molecule has 0 radical (unpaired) electrons. The van der Waals surface area contributed by atoms with Crippen LogP contribution in [0.3, 0.4) is 0 Å². The van der Waals surface area contributed by atoms with Gasteiger partial charge in [0.15, 0.2) is 0 Å². The molecule has 3 atom stereocenters. The van der Waals surface area contributed by atoms with Gasteiger partial charge >= 0.3 is 6.09 Å². The second-order valence-electron chi connectivity index (χ2n) is 14.2. The molecule has 54 heavy (non-hydrogen) atoms. The van der Waals surface area contributed by atoms with Crippen molar-refractivity contribution >= 4 is 17.9 Å². The van der Waals surface area contributed by atoms with Crippen molar-refractivity contribution in [1.29, 1.82) is 0 Å². The minimum Gasteiger partial charge on any atom is -0.465 e. The standard InChI is InChI=1S/C43H55F2N5O4/c1-7-11-12-14-31-15-13-16-32(23-31)28-46-29-36(10-4)43(39(33-25-37(44)27-38(45)26-33)48(6)19-20-50(43)42(53)54)47-40(51)34-21-30(5)22-35(24-34)41(52)49(17-8-2)18-9-3/h13,15-16,21-27,36,39,46H,7-11,17-20,28-29H2,1-6H3,(H,47,51)(H,53,54)/t36?,39?,43-/m0/s1. The average Bonchev–Trinajstić information content (AvgIpc) is 3.12. The number of benzene rings is 3. The SMILES string of the molecule is CCCC#Cc1cccc(CNCC(CC)[C@@]2(NC(=O)c3cc(C)cc(C(=O)N(CCC)CCC)c3)C(c3cc(F)cc(F)c3)N(C)CCN2C(=O)O)c1. The Bertz CT molecular complexity index is 1820. The monoisotopic (exact) mass is 743 g/mol. The molecule has 0 aliphatic carbocycles. The fraction of sp³-hybridized carbons (Fsp3) is 0.465. The van der Waals surface area contributed by atoms with E-state index in [-0.39, 0.29) is 36.7 Å². The van der Waals surface area contributed by atoms with E-state index in [4.69, 9.17) is 0 Å². The van der Waals surface area contributed by atoms with Gasteiger partial charge in [0.25, 0.3) is 11.8 Å². The lowest BCUT2D eigenvalue weighted by Crippen LogP contribution is -2.75. The Morgan fingerprint density at radius 2 is 1.63 bits per heavy atom. The molecule has 4 rings (SSSR count). The first-order chi connectivity index (χ1) is 25.9. The number of unbranched alkanes of at least 4 members (excludes halogenated alkanes) is 1. The Balaban J connectivity index is 1.82. The van der Waals surface area contributed by atoms with E-state index in [1.807, 2.05) is 49.9 Å². The summed E-state index contributed by atoms with van der Waals surface area (Å²) in [5.74, 6) is 3.33. The van der Waals surface area contributed by atoms with E-state index >= 15 is 0 Å². The largest absolute Gasteiger partial charge is 0.465 e. The number of rotatable bonds is 15. The van der Waals surface area contributed by atoms with Crippen LogP contribution in [0, 0.1) is 36.3 Å². The van der Waals surface area contributed by atoms with Gasteiger partial charge in [0.2, 0.25) is 0 Å². The van der Waals surface area contributed by atoms with Crippen LogP contribution in [0.2, 0.25) is 0 Å². The third kappa shape index (κ3) is 10.0. The number of nitrogens with one attached hydrogen (secondary N) is 2. The maximum Gasteiger partial charge on any atom is 0.409 e. The van der Waals surface area contributed by atoms with Crippen LogP contribution in [-0.4, -0.2) is 83.1 Å². The van der Waals surface area contributed by atoms with E-state index in [2.05, 4.69) is 29.4 Å². The van der Waals surface area contributed by atoms with Crippen LogP contribution < -0.4 is 10.6 Å². The van der Waals surface area contributed by atoms with Crippen LogP contribution in [0.1, 0.15) is 109 Å². The quantitative estimate of drug-likeness (QED) is 0.139. The molecule has 9 nitrogen and oxygen atoms in total. The molecule has 1 fully saturated rings. The molecule has 2 unspecified atom stereocenters. The molecular formula is C43H55F2N5O4. The van der Waals surface area contributed by atoms with Crippen LogP contribution >= 0.6 is 0 Å². The second-order valence-corrected chi connectivity index (χ2v) is 14.2. The minimum absolute atomic E-state index is 0.0237. The molecule has 0 saturated carbocycles. The van der Waals surface area contributed by atoms with Crippen LogP contribution in [0.25, 0.3) is 0 Å². The first-order valence-corrected chi connectivity index (χ1v) is 19.1. The Morgan fingerprint density at radius 1 is 0.944 bits per heavy atom. The van der Waals surface area contributed by atoms with Crippen LogP contribution in [0.15, 0.2) is 60.7 Å². The zero-order valence-corrected chi connectivity index (χ0v) is 32.5. The molecule has 1 aliphatic rings. The Morgan fingerprint density at radius 3 is 2.26 bits per heavy atom. The lowest BCUT2D eigenvalue weighted by Gasteiger charge is -2.58. The highest BCUT2D eigenvalue weighted by Crippen LogP contribution is 2.44. The van der Waals surface area contributed by atoms with E-state index in [1.54, 1.807) is 37.1 Å². The molecule has 3 aromatic rings. The molecule has 1 saturated heterocycles. The number of carboxylic acid groups (broad SMARTS) is 1. The van der Waals surface area contributed by atoms with Crippen molar-refractivity contribution in [2.45, 2.75) is 85.0 Å². The van der Waals surface area contributed by atoms with Gasteiger partial charge in [-0.1, -0.05) is 51.7 Å². The van der Waals surface area contributed by atoms with Crippen molar-refractivity contribution in [3.05, 3.63) is 106 Å². The summed E-state index contributed by atoms with van der Waals surface area (Å²) in [7, 11) is 1.76. The smallest absolute Gasteiger partial charge is 0.409 e. The zero-order chi connectivity index (χ0) is 39.4. The van der Waals surface area contributed by atoms with Gasteiger partial charge in [-0.25, -0.2) is 13.6 Å². The Labute approximate surface area is 319 Å². The van der Waals surface area contributed by atoms with Gasteiger partial charge < -0.3 is 20.6 Å². The van der Waals surface area contributed by atoms with Gasteiger partial charge in [-0.05, 0) is 98.8 Å². The highest BCUT2D eigenvalue weighted by molar-refractivity contribution is 6.00. The predicted molar refractivity (Wildman–Crippen MR) is 208 cm³/mol. The predicted octanol–water partition coefficient (Wildman–Crippen LogP) is 7.60. The molecule has 1 heterocycles. The molecule has 0 aromatic heterocycles. The summed E-state index contributed by atoms with van der Waals surface area (Å²) in [5, 5.41) is 17.5. The number of carbonyl (C=O) groups is 3. The molecule has 3 aromatic carbocycles. The summed E-state index contributed by atoms with van der Waals surface area (Å²) < 4.78 is 29.9. The summed E-state index contributed by atoms with van der Waals surface area (Å²) >= 11 is 0. The van der Waals surface area contributed by atoms with Gasteiger partial charge in [0, 0.05) is 74.4 Å². The molecule has 0 bridgehead atoms. The first-order valence-electron chi connectivity index (χ1n) is 19.1. The fourth-order valence-corrected chi connectivity index (χ4v) is 7.61. The van der Waals surface area contributed by atoms with E-state index in [1.165, 1.54) is 17.0 Å². The van der Waals surface area contributed by atoms with Gasteiger partial charge in [-0.2, -0.15) is 0 Å². The van der Waals surface area contributed by atoms with Crippen LogP contribution in [0.4, 0.5) is 13.6 Å². The Hall–Kier alpha value is -4.79. The molecule has 11 heteroatoms. The highest BCUT2D eigenvalue weighted by atomic mass is 19.1. The number of nitrogens with zero attached hydrogens (tertiary/aromatic N) is 3. The van der Waals surface area contributed by atoms with Crippen molar-refractivity contribution in [2.75, 3.05) is 39.8 Å². The molecule has 3 N–H and O–H groups in total. The van der Waals surface area contributed by atoms with Crippen molar-refractivity contribution < 1.29 is 28.3 Å². The number of likely N-dealkylation sites (N-methyl/N-ethyl adjacent to an activating group) is 1. The number of piperazine rings is 1. The third-order valence-electron chi connectivity index (χ3n) is 9.96. The van der Waals surface area contributed by atoms with Crippen molar-refractivity contribution in [3.63, 3.8) is 0 Å². The lowest BCUT2D eigenvalue weighted by molar-refractivity contribution is -0.0822. The van der Waals surface area contributed by atoms with Gasteiger partial charge in [-0.15, -0.1) is 0 Å². The molecule has 1 aliphatic heterocycles. The van der Waals surface area contributed by atoms with Crippen LogP contribution in [0.5, 0.6) is 0 Å². The summed E-state index contributed by atoms with van der Waals surface area (Å²) in [4.78, 5) is 46.4. The number of hydrogen-bond donors (Lipinski definition) is 3. The zero-order valence-electron chi connectivity index (χ0n) is 32.5. The van der Waals surface area contributed by atoms with E-state index < -0.39 is 41.3 Å². The van der Waals surface area contributed by atoms with E-state index in [0.717, 1.165) is 42.9 Å². The fourth-order valence-electron chi connectivity index (χ4n) is 7.61. The topological polar surface area (TPSA) is 105 Å². The van der Waals surface area contributed by atoms with E-state index in [0.29, 0.717) is 37.2 Å². The molecular weight excluding hydrogens is 689 g/mol. The number of halogens is 2. The van der Waals surface area contributed by atoms with Crippen LogP contribution in [-0.2, 0) is 6.54 Å². The number of carbonyl (C=O) groups excluding carboxylic acids is 2. The van der Waals surface area contributed by atoms with E-state index in [9.17, 15) is 28.3 Å². The van der Waals surface area contributed by atoms with Crippen molar-refractivity contribution in [3.8, 4) is 11.8 Å². The average molecular weight is 744 g/mol. The van der Waals surface area contributed by atoms with Crippen molar-refractivity contribution in [2.24, 2.45) is 5.92 Å². The second kappa shape index (κ2) is 19.5. The number of aryl methyl sites for hydroxylation is 1. The number of hydrogen-bond acceptors (Lipinski definition) is 5. The van der Waals surface area contributed by atoms with Gasteiger partial charge in [0.1, 0.15) is 17.3 Å². The number of amides is 3. The minimum atomic E-state index is -1.71. The van der Waals surface area contributed by atoms with Crippen molar-refractivity contribution in [1.82, 2.24) is 25.3 Å². The lowest BCUT2D eigenvalue weighted by atomic mass is 9.76. The summed E-state index contributed by atoms with van der Waals surface area (Å²) in [6.07, 6.45) is 2.43.